The number of aryl methyl sites for hydroxylation is 1. The van der Waals surface area contributed by atoms with E-state index in [0.29, 0.717) is 5.78 Å². The molecule has 0 spiro atoms. The molecule has 1 aromatic rings. The van der Waals surface area contributed by atoms with Gasteiger partial charge >= 0.3 is 0 Å². The maximum Gasteiger partial charge on any atom is 0.172 e. The molecule has 0 bridgehead atoms. The van der Waals surface area contributed by atoms with E-state index in [1.165, 1.54) is 62.7 Å². The van der Waals surface area contributed by atoms with Crippen LogP contribution in [-0.4, -0.2) is 5.78 Å². The van der Waals surface area contributed by atoms with E-state index in [1.54, 1.807) is 11.3 Å². The lowest BCUT2D eigenvalue weighted by molar-refractivity contribution is 0.0983. The summed E-state index contributed by atoms with van der Waals surface area (Å²) in [7, 11) is 0. The van der Waals surface area contributed by atoms with E-state index in [-0.39, 0.29) is 0 Å². The summed E-state index contributed by atoms with van der Waals surface area (Å²) in [4.78, 5) is 14.1. The lowest BCUT2D eigenvalue weighted by Gasteiger charge is -2.02. The number of Topliss-reactive ketones (excluding diaryl/α,β-unsaturated/α-hetero) is 1. The molecule has 0 unspecified atom stereocenters. The molecule has 0 amide bonds. The minimum Gasteiger partial charge on any atom is -0.293 e. The highest BCUT2D eigenvalue weighted by Crippen LogP contribution is 2.18. The Labute approximate surface area is 128 Å². The quantitative estimate of drug-likeness (QED) is 0.315. The van der Waals surface area contributed by atoms with E-state index in [2.05, 4.69) is 13.8 Å². The van der Waals surface area contributed by atoms with Crippen molar-refractivity contribution in [2.45, 2.75) is 84.5 Å². The zero-order chi connectivity index (χ0) is 14.6. The first-order valence-electron chi connectivity index (χ1n) is 8.33. The summed E-state index contributed by atoms with van der Waals surface area (Å²) in [5.74, 6) is 0.336. The Balaban J connectivity index is 1.91. The molecule has 0 N–H and O–H groups in total. The number of carbonyl (C=O) groups is 1. The van der Waals surface area contributed by atoms with Crippen molar-refractivity contribution < 1.29 is 4.79 Å². The lowest BCUT2D eigenvalue weighted by atomic mass is 10.0. The summed E-state index contributed by atoms with van der Waals surface area (Å²) < 4.78 is 0. The van der Waals surface area contributed by atoms with Crippen molar-refractivity contribution in [1.29, 1.82) is 0 Å². The largest absolute Gasteiger partial charge is 0.293 e. The van der Waals surface area contributed by atoms with E-state index >= 15 is 0 Å². The Morgan fingerprint density at radius 3 is 1.95 bits per heavy atom. The van der Waals surface area contributed by atoms with Gasteiger partial charge in [-0.25, -0.2) is 0 Å². The van der Waals surface area contributed by atoms with E-state index in [0.717, 1.165) is 17.7 Å². The third-order valence-electron chi connectivity index (χ3n) is 3.77. The molecule has 1 aromatic heterocycles. The number of thiophene rings is 1. The Morgan fingerprint density at radius 2 is 1.45 bits per heavy atom. The molecule has 0 aliphatic heterocycles. The normalized spacial score (nSPS) is 10.9. The van der Waals surface area contributed by atoms with Crippen LogP contribution in [0.5, 0.6) is 0 Å². The summed E-state index contributed by atoms with van der Waals surface area (Å²) in [6.07, 6.45) is 14.0. The standard InChI is InChI=1S/C18H30OS/c1-3-4-5-6-7-8-9-10-11-12-13-17(19)18-15-14-16(2)20-18/h14-15H,3-13H2,1-2H3. The van der Waals surface area contributed by atoms with Gasteiger partial charge in [0.1, 0.15) is 0 Å². The van der Waals surface area contributed by atoms with E-state index < -0.39 is 0 Å². The summed E-state index contributed by atoms with van der Waals surface area (Å²) in [5, 5.41) is 0. The second kappa shape index (κ2) is 11.1. The highest BCUT2D eigenvalue weighted by molar-refractivity contribution is 7.14. The number of hydrogen-bond acceptors (Lipinski definition) is 2. The second-order valence-electron chi connectivity index (χ2n) is 5.77. The second-order valence-corrected chi connectivity index (χ2v) is 7.05. The molecule has 1 nitrogen and oxygen atoms in total. The molecule has 2 heteroatoms. The van der Waals surface area contributed by atoms with Gasteiger partial charge in [0.05, 0.1) is 4.88 Å². The van der Waals surface area contributed by atoms with E-state index in [1.807, 2.05) is 12.1 Å². The molecule has 20 heavy (non-hydrogen) atoms. The molecule has 0 saturated heterocycles. The van der Waals surface area contributed by atoms with Gasteiger partial charge in [-0.1, -0.05) is 64.7 Å². The number of carbonyl (C=O) groups excluding carboxylic acids is 1. The Morgan fingerprint density at radius 1 is 0.900 bits per heavy atom. The molecular weight excluding hydrogens is 264 g/mol. The van der Waals surface area contributed by atoms with Crippen LogP contribution in [0.2, 0.25) is 0 Å². The van der Waals surface area contributed by atoms with Crippen LogP contribution < -0.4 is 0 Å². The first-order chi connectivity index (χ1) is 9.74. The predicted molar refractivity (Wildman–Crippen MR) is 89.8 cm³/mol. The lowest BCUT2D eigenvalue weighted by Crippen LogP contribution is -1.95. The van der Waals surface area contributed by atoms with Crippen LogP contribution in [0, 0.1) is 6.92 Å². The summed E-state index contributed by atoms with van der Waals surface area (Å²) >= 11 is 1.63. The third-order valence-corrected chi connectivity index (χ3v) is 4.81. The maximum atomic E-state index is 11.9. The van der Waals surface area contributed by atoms with Gasteiger partial charge in [-0.3, -0.25) is 4.79 Å². The van der Waals surface area contributed by atoms with Gasteiger partial charge in [-0.15, -0.1) is 11.3 Å². The number of rotatable bonds is 12. The van der Waals surface area contributed by atoms with Crippen LogP contribution in [0.15, 0.2) is 12.1 Å². The number of hydrogen-bond donors (Lipinski definition) is 0. The summed E-state index contributed by atoms with van der Waals surface area (Å²) in [6, 6.07) is 4.01. The topological polar surface area (TPSA) is 17.1 Å². The molecule has 1 heterocycles. The van der Waals surface area contributed by atoms with E-state index in [9.17, 15) is 4.79 Å². The van der Waals surface area contributed by atoms with Gasteiger partial charge in [0.15, 0.2) is 5.78 Å². The van der Waals surface area contributed by atoms with Crippen molar-refractivity contribution in [3.05, 3.63) is 21.9 Å². The maximum absolute atomic E-state index is 11.9. The van der Waals surface area contributed by atoms with Crippen molar-refractivity contribution >= 4 is 17.1 Å². The monoisotopic (exact) mass is 294 g/mol. The molecule has 0 aromatic carbocycles. The highest BCUT2D eigenvalue weighted by atomic mass is 32.1. The first-order valence-corrected chi connectivity index (χ1v) is 9.15. The molecule has 1 rings (SSSR count). The minimum absolute atomic E-state index is 0.336. The fourth-order valence-electron chi connectivity index (χ4n) is 2.48. The zero-order valence-electron chi connectivity index (χ0n) is 13.2. The van der Waals surface area contributed by atoms with Crippen LogP contribution >= 0.6 is 11.3 Å². The van der Waals surface area contributed by atoms with Crippen LogP contribution in [-0.2, 0) is 0 Å². The van der Waals surface area contributed by atoms with Crippen molar-refractivity contribution in [2.75, 3.05) is 0 Å². The van der Waals surface area contributed by atoms with Crippen molar-refractivity contribution in [1.82, 2.24) is 0 Å². The molecule has 0 radical (unpaired) electrons. The Hall–Kier alpha value is -0.630. The molecule has 0 aliphatic carbocycles. The molecule has 0 aliphatic rings. The average Bonchev–Trinajstić information content (AvgIpc) is 2.87. The SMILES string of the molecule is CCCCCCCCCCCCC(=O)c1ccc(C)s1. The Kier molecular flexibility index (Phi) is 9.65. The fraction of sp³-hybridized carbons (Fsp3) is 0.722. The molecule has 114 valence electrons. The van der Waals surface area contributed by atoms with Gasteiger partial charge in [-0.05, 0) is 25.5 Å². The number of unbranched alkanes of at least 4 members (excludes halogenated alkanes) is 9. The highest BCUT2D eigenvalue weighted by Gasteiger charge is 2.07. The minimum atomic E-state index is 0.336. The van der Waals surface area contributed by atoms with E-state index in [4.69, 9.17) is 0 Å². The van der Waals surface area contributed by atoms with Crippen molar-refractivity contribution in [2.24, 2.45) is 0 Å². The van der Waals surface area contributed by atoms with Crippen molar-refractivity contribution in [3.63, 3.8) is 0 Å². The molecular formula is C18H30OS. The first kappa shape index (κ1) is 17.4. The van der Waals surface area contributed by atoms with Crippen LogP contribution in [0.25, 0.3) is 0 Å². The summed E-state index contributed by atoms with van der Waals surface area (Å²) in [6.45, 7) is 4.32. The fourth-order valence-corrected chi connectivity index (χ4v) is 3.32. The predicted octanol–water partition coefficient (Wildman–Crippen LogP) is 6.55. The third kappa shape index (κ3) is 7.84. The number of ketones is 1. The van der Waals surface area contributed by atoms with Gasteiger partial charge in [0.25, 0.3) is 0 Å². The van der Waals surface area contributed by atoms with Gasteiger partial charge in [0.2, 0.25) is 0 Å². The van der Waals surface area contributed by atoms with Crippen LogP contribution in [0.4, 0.5) is 0 Å². The summed E-state index contributed by atoms with van der Waals surface area (Å²) in [5.41, 5.74) is 0. The zero-order valence-corrected chi connectivity index (χ0v) is 14.1. The van der Waals surface area contributed by atoms with Gasteiger partial charge in [0, 0.05) is 11.3 Å². The van der Waals surface area contributed by atoms with Crippen molar-refractivity contribution in [3.8, 4) is 0 Å². The molecule has 0 fully saturated rings. The van der Waals surface area contributed by atoms with Crippen LogP contribution in [0.3, 0.4) is 0 Å². The molecule has 0 saturated carbocycles. The smallest absolute Gasteiger partial charge is 0.172 e. The van der Waals surface area contributed by atoms with Crippen LogP contribution in [0.1, 0.15) is 92.1 Å². The Bertz CT molecular complexity index is 367. The molecule has 0 atom stereocenters. The average molecular weight is 295 g/mol. The van der Waals surface area contributed by atoms with Gasteiger partial charge < -0.3 is 0 Å². The van der Waals surface area contributed by atoms with Gasteiger partial charge in [-0.2, -0.15) is 0 Å².